The first-order valence-corrected chi connectivity index (χ1v) is 14.2. The largest absolute Gasteiger partial charge is 0.490 e. The van der Waals surface area contributed by atoms with E-state index in [1.165, 1.54) is 6.08 Å². The van der Waals surface area contributed by atoms with Crippen LogP contribution in [0.1, 0.15) is 62.4 Å². The number of benzene rings is 2. The van der Waals surface area contributed by atoms with Crippen molar-refractivity contribution >= 4 is 46.7 Å². The lowest BCUT2D eigenvalue weighted by molar-refractivity contribution is -0.114. The summed E-state index contributed by atoms with van der Waals surface area (Å²) in [6.45, 7) is 7.67. The van der Waals surface area contributed by atoms with Gasteiger partial charge in [0.25, 0.3) is 0 Å². The summed E-state index contributed by atoms with van der Waals surface area (Å²) < 4.78 is 21.9. The van der Waals surface area contributed by atoms with Crippen LogP contribution in [0.3, 0.4) is 0 Å². The Balaban J connectivity index is 1.89. The molecule has 0 aliphatic rings. The average molecular weight is 596 g/mol. The highest BCUT2D eigenvalue weighted by Gasteiger charge is 2.28. The van der Waals surface area contributed by atoms with Crippen LogP contribution < -0.4 is 9.47 Å². The van der Waals surface area contributed by atoms with Gasteiger partial charge in [0.1, 0.15) is 17.6 Å². The van der Waals surface area contributed by atoms with Gasteiger partial charge in [-0.1, -0.05) is 35.9 Å². The third kappa shape index (κ3) is 7.97. The highest BCUT2D eigenvalue weighted by atomic mass is 35.5. The van der Waals surface area contributed by atoms with Crippen molar-refractivity contribution in [2.75, 3.05) is 19.8 Å². The average Bonchev–Trinajstić information content (AvgIpc) is 3.27. The van der Waals surface area contributed by atoms with Gasteiger partial charge < -0.3 is 18.9 Å². The number of esters is 2. The SMILES string of the molecule is CCOC(=O)c1sc(CC(=O)/C(C#N)=C/c2ccc(OCc3ccccc3Cl)c(OCC)c2)c(C(=O)OCC)c1C. The third-order valence-electron chi connectivity index (χ3n) is 5.82. The highest BCUT2D eigenvalue weighted by Crippen LogP contribution is 2.33. The van der Waals surface area contributed by atoms with Crippen molar-refractivity contribution in [2.24, 2.45) is 0 Å². The summed E-state index contributed by atoms with van der Waals surface area (Å²) in [5.74, 6) is -0.831. The summed E-state index contributed by atoms with van der Waals surface area (Å²) in [5, 5.41) is 10.4. The molecule has 0 amide bonds. The Hall–Kier alpha value is -4.13. The van der Waals surface area contributed by atoms with Gasteiger partial charge in [-0.25, -0.2) is 9.59 Å². The van der Waals surface area contributed by atoms with E-state index in [1.54, 1.807) is 45.0 Å². The number of hydrogen-bond donors (Lipinski definition) is 0. The topological polar surface area (TPSA) is 112 Å². The van der Waals surface area contributed by atoms with Crippen LogP contribution in [-0.2, 0) is 27.3 Å². The first kappa shape index (κ1) is 31.4. The maximum Gasteiger partial charge on any atom is 0.348 e. The second-order valence-corrected chi connectivity index (χ2v) is 10.1. The van der Waals surface area contributed by atoms with Crippen LogP contribution in [-0.4, -0.2) is 37.5 Å². The summed E-state index contributed by atoms with van der Waals surface area (Å²) in [7, 11) is 0. The van der Waals surface area contributed by atoms with E-state index in [-0.39, 0.29) is 42.3 Å². The van der Waals surface area contributed by atoms with E-state index in [9.17, 15) is 19.6 Å². The van der Waals surface area contributed by atoms with Gasteiger partial charge in [0.2, 0.25) is 0 Å². The quantitative estimate of drug-likeness (QED) is 0.121. The fourth-order valence-corrected chi connectivity index (χ4v) is 5.29. The van der Waals surface area contributed by atoms with E-state index < -0.39 is 17.7 Å². The lowest BCUT2D eigenvalue weighted by Crippen LogP contribution is -2.12. The van der Waals surface area contributed by atoms with Gasteiger partial charge in [0.15, 0.2) is 17.3 Å². The molecule has 10 heteroatoms. The molecule has 41 heavy (non-hydrogen) atoms. The van der Waals surface area contributed by atoms with Gasteiger partial charge in [-0.2, -0.15) is 5.26 Å². The summed E-state index contributed by atoms with van der Waals surface area (Å²) in [4.78, 5) is 38.9. The molecule has 0 N–H and O–H groups in total. The molecule has 0 fully saturated rings. The molecule has 2 aromatic carbocycles. The van der Waals surface area contributed by atoms with Crippen molar-refractivity contribution in [1.29, 1.82) is 5.26 Å². The molecule has 0 unspecified atom stereocenters. The van der Waals surface area contributed by atoms with Gasteiger partial charge in [-0.05, 0) is 63.1 Å². The number of carbonyl (C=O) groups excluding carboxylic acids is 3. The van der Waals surface area contributed by atoms with Gasteiger partial charge in [-0.3, -0.25) is 4.79 Å². The number of hydrogen-bond acceptors (Lipinski definition) is 9. The lowest BCUT2D eigenvalue weighted by atomic mass is 10.0. The molecule has 0 aliphatic heterocycles. The van der Waals surface area contributed by atoms with Crippen molar-refractivity contribution in [2.45, 2.75) is 40.7 Å². The van der Waals surface area contributed by atoms with Gasteiger partial charge in [0, 0.05) is 21.9 Å². The number of nitrogens with zero attached hydrogens (tertiary/aromatic N) is 1. The molecule has 3 aromatic rings. The molecule has 1 aromatic heterocycles. The number of thiophene rings is 1. The first-order valence-electron chi connectivity index (χ1n) is 13.0. The monoisotopic (exact) mass is 595 g/mol. The predicted octanol–water partition coefficient (Wildman–Crippen LogP) is 6.76. The zero-order valence-corrected chi connectivity index (χ0v) is 24.8. The Morgan fingerprint density at radius 3 is 2.32 bits per heavy atom. The van der Waals surface area contributed by atoms with Crippen LogP contribution in [0.5, 0.6) is 11.5 Å². The van der Waals surface area contributed by atoms with Crippen LogP contribution in [0.2, 0.25) is 5.02 Å². The van der Waals surface area contributed by atoms with Crippen LogP contribution in [0.15, 0.2) is 48.0 Å². The smallest absolute Gasteiger partial charge is 0.348 e. The number of allylic oxidation sites excluding steroid dienone is 1. The maximum absolute atomic E-state index is 13.2. The molecule has 0 spiro atoms. The number of ketones is 1. The molecule has 0 saturated carbocycles. The molecule has 8 nitrogen and oxygen atoms in total. The number of carbonyl (C=O) groups is 3. The normalized spacial score (nSPS) is 11.0. The molecule has 3 rings (SSSR count). The van der Waals surface area contributed by atoms with E-state index in [0.717, 1.165) is 16.9 Å². The molecular weight excluding hydrogens is 566 g/mol. The molecule has 0 saturated heterocycles. The van der Waals surface area contributed by atoms with Gasteiger partial charge in [0.05, 0.1) is 31.0 Å². The Morgan fingerprint density at radius 2 is 1.66 bits per heavy atom. The molecule has 0 bridgehead atoms. The Kier molecular flexibility index (Phi) is 11.5. The lowest BCUT2D eigenvalue weighted by Gasteiger charge is -2.13. The van der Waals surface area contributed by atoms with Crippen molar-refractivity contribution < 1.29 is 33.3 Å². The number of rotatable bonds is 13. The summed E-state index contributed by atoms with van der Waals surface area (Å²) in [6.07, 6.45) is 1.18. The van der Waals surface area contributed by atoms with E-state index in [0.29, 0.717) is 39.1 Å². The fraction of sp³-hybridized carbons (Fsp3) is 0.290. The number of nitriles is 1. The molecule has 214 valence electrons. The minimum Gasteiger partial charge on any atom is -0.490 e. The molecule has 0 aliphatic carbocycles. The molecular formula is C31H30ClNO7S. The molecule has 0 atom stereocenters. The van der Waals surface area contributed by atoms with E-state index in [4.69, 9.17) is 30.5 Å². The second kappa shape index (κ2) is 15.0. The third-order valence-corrected chi connectivity index (χ3v) is 7.46. The minimum atomic E-state index is -0.643. The van der Waals surface area contributed by atoms with Gasteiger partial charge >= 0.3 is 11.9 Å². The zero-order valence-electron chi connectivity index (χ0n) is 23.2. The predicted molar refractivity (Wildman–Crippen MR) is 157 cm³/mol. The zero-order chi connectivity index (χ0) is 29.9. The van der Waals surface area contributed by atoms with Crippen molar-refractivity contribution in [3.8, 4) is 17.6 Å². The van der Waals surface area contributed by atoms with Crippen LogP contribution in [0, 0.1) is 18.3 Å². The second-order valence-electron chi connectivity index (χ2n) is 8.58. The summed E-state index contributed by atoms with van der Waals surface area (Å²) in [5.41, 5.74) is 1.75. The van der Waals surface area contributed by atoms with E-state index >= 15 is 0 Å². The fourth-order valence-electron chi connectivity index (χ4n) is 3.92. The summed E-state index contributed by atoms with van der Waals surface area (Å²) >= 11 is 7.22. The molecule has 0 radical (unpaired) electrons. The number of Topliss-reactive ketones (excluding diaryl/α,β-unsaturated/α-hetero) is 1. The van der Waals surface area contributed by atoms with Crippen molar-refractivity contribution in [3.63, 3.8) is 0 Å². The first-order chi connectivity index (χ1) is 19.7. The summed E-state index contributed by atoms with van der Waals surface area (Å²) in [6, 6.07) is 14.4. The Labute approximate surface area is 248 Å². The molecule has 1 heterocycles. The minimum absolute atomic E-state index is 0.125. The maximum atomic E-state index is 13.2. The van der Waals surface area contributed by atoms with Crippen molar-refractivity contribution in [1.82, 2.24) is 0 Å². The van der Waals surface area contributed by atoms with E-state index in [1.807, 2.05) is 31.2 Å². The van der Waals surface area contributed by atoms with Crippen LogP contribution >= 0.6 is 22.9 Å². The number of halogens is 1. The highest BCUT2D eigenvalue weighted by molar-refractivity contribution is 7.14. The van der Waals surface area contributed by atoms with E-state index in [2.05, 4.69) is 0 Å². The van der Waals surface area contributed by atoms with Crippen LogP contribution in [0.4, 0.5) is 0 Å². The Morgan fingerprint density at radius 1 is 0.951 bits per heavy atom. The standard InChI is InChI=1S/C31H30ClNO7S/c1-5-37-26-15-20(12-13-25(26)40-18-21-10-8-9-11-23(21)32)14-22(17-33)24(34)16-27-28(30(35)38-6-2)19(4)29(41-27)31(36)39-7-3/h8-15H,5-7,16,18H2,1-4H3/b22-14+. The van der Waals surface area contributed by atoms with Crippen molar-refractivity contribution in [3.05, 3.63) is 85.1 Å². The number of ether oxygens (including phenoxy) is 4. The van der Waals surface area contributed by atoms with Crippen LogP contribution in [0.25, 0.3) is 6.08 Å². The van der Waals surface area contributed by atoms with Gasteiger partial charge in [-0.15, -0.1) is 11.3 Å². The Bertz CT molecular complexity index is 1500.